The first-order valence-corrected chi connectivity index (χ1v) is 6.21. The number of urea groups is 1. The van der Waals surface area contributed by atoms with Gasteiger partial charge in [-0.15, -0.1) is 0 Å². The molecular formula is C16H13FN2O2. The van der Waals surface area contributed by atoms with Gasteiger partial charge in [-0.3, -0.25) is 0 Å². The van der Waals surface area contributed by atoms with E-state index in [0.29, 0.717) is 11.4 Å². The molecule has 0 aliphatic heterocycles. The largest absolute Gasteiger partial charge is 0.384 e. The van der Waals surface area contributed by atoms with E-state index in [1.54, 1.807) is 30.3 Å². The number of halogens is 1. The number of benzene rings is 2. The molecule has 2 rings (SSSR count). The summed E-state index contributed by atoms with van der Waals surface area (Å²) in [4.78, 5) is 11.7. The molecule has 4 nitrogen and oxygen atoms in total. The van der Waals surface area contributed by atoms with Crippen LogP contribution >= 0.6 is 0 Å². The molecule has 0 aliphatic rings. The van der Waals surface area contributed by atoms with Crippen molar-refractivity contribution in [2.75, 3.05) is 17.2 Å². The van der Waals surface area contributed by atoms with Crippen molar-refractivity contribution in [3.63, 3.8) is 0 Å². The second-order valence-electron chi connectivity index (χ2n) is 4.13. The summed E-state index contributed by atoms with van der Waals surface area (Å²) in [5.74, 6) is 4.87. The number of nitrogens with one attached hydrogen (secondary N) is 2. The molecule has 0 fully saturated rings. The maximum Gasteiger partial charge on any atom is 0.323 e. The van der Waals surface area contributed by atoms with Crippen molar-refractivity contribution in [2.45, 2.75) is 0 Å². The van der Waals surface area contributed by atoms with Crippen LogP contribution in [0.15, 0.2) is 48.5 Å². The topological polar surface area (TPSA) is 61.4 Å². The van der Waals surface area contributed by atoms with Gasteiger partial charge in [0, 0.05) is 16.9 Å². The lowest BCUT2D eigenvalue weighted by atomic mass is 10.2. The Hall–Kier alpha value is -2.84. The van der Waals surface area contributed by atoms with Crippen molar-refractivity contribution in [3.8, 4) is 11.8 Å². The predicted molar refractivity (Wildman–Crippen MR) is 79.4 cm³/mol. The lowest BCUT2D eigenvalue weighted by Gasteiger charge is -2.07. The average Bonchev–Trinajstić information content (AvgIpc) is 2.46. The Morgan fingerprint density at radius 1 is 1.10 bits per heavy atom. The van der Waals surface area contributed by atoms with Crippen molar-refractivity contribution in [2.24, 2.45) is 0 Å². The van der Waals surface area contributed by atoms with E-state index in [9.17, 15) is 9.18 Å². The summed E-state index contributed by atoms with van der Waals surface area (Å²) in [6.07, 6.45) is 0. The van der Waals surface area contributed by atoms with Crippen molar-refractivity contribution in [1.29, 1.82) is 0 Å². The van der Waals surface area contributed by atoms with Gasteiger partial charge in [-0.2, -0.15) is 0 Å². The van der Waals surface area contributed by atoms with Crippen LogP contribution in [-0.2, 0) is 0 Å². The van der Waals surface area contributed by atoms with Crippen LogP contribution in [0, 0.1) is 17.7 Å². The highest BCUT2D eigenvalue weighted by Gasteiger charge is 2.03. The van der Waals surface area contributed by atoms with Crippen molar-refractivity contribution >= 4 is 17.4 Å². The summed E-state index contributed by atoms with van der Waals surface area (Å²) in [5.41, 5.74) is 1.69. The molecule has 21 heavy (non-hydrogen) atoms. The minimum absolute atomic E-state index is 0.198. The fraction of sp³-hybridized carbons (Fsp3) is 0.0625. The first-order valence-electron chi connectivity index (χ1n) is 6.21. The van der Waals surface area contributed by atoms with Crippen LogP contribution in [0.5, 0.6) is 0 Å². The minimum atomic E-state index is -0.463. The van der Waals surface area contributed by atoms with Crippen LogP contribution < -0.4 is 10.6 Å². The third kappa shape index (κ3) is 4.64. The molecule has 0 aromatic heterocycles. The highest BCUT2D eigenvalue weighted by atomic mass is 19.1. The molecule has 0 radical (unpaired) electrons. The number of carbonyl (C=O) groups excluding carboxylic acids is 1. The van der Waals surface area contributed by atoms with Gasteiger partial charge in [-0.25, -0.2) is 9.18 Å². The van der Waals surface area contributed by atoms with Gasteiger partial charge in [0.15, 0.2) is 0 Å². The molecule has 0 heterocycles. The minimum Gasteiger partial charge on any atom is -0.384 e. The third-order valence-corrected chi connectivity index (χ3v) is 2.54. The Morgan fingerprint density at radius 2 is 1.81 bits per heavy atom. The van der Waals surface area contributed by atoms with Crippen molar-refractivity contribution in [3.05, 3.63) is 59.9 Å². The van der Waals surface area contributed by atoms with Crippen LogP contribution in [0.3, 0.4) is 0 Å². The van der Waals surface area contributed by atoms with Crippen LogP contribution in [0.1, 0.15) is 5.56 Å². The first-order chi connectivity index (χ1) is 10.2. The van der Waals surface area contributed by atoms with Crippen LogP contribution in [0.2, 0.25) is 0 Å². The number of hydrogen-bond acceptors (Lipinski definition) is 2. The fourth-order valence-corrected chi connectivity index (χ4v) is 1.64. The molecule has 0 saturated heterocycles. The number of rotatable bonds is 2. The van der Waals surface area contributed by atoms with Gasteiger partial charge >= 0.3 is 6.03 Å². The van der Waals surface area contributed by atoms with Gasteiger partial charge in [0.1, 0.15) is 12.4 Å². The molecule has 3 N–H and O–H groups in total. The molecule has 0 atom stereocenters. The van der Waals surface area contributed by atoms with E-state index in [-0.39, 0.29) is 6.61 Å². The number of hydrogen-bond donors (Lipinski definition) is 3. The second-order valence-corrected chi connectivity index (χ2v) is 4.13. The van der Waals surface area contributed by atoms with E-state index < -0.39 is 11.8 Å². The highest BCUT2D eigenvalue weighted by Crippen LogP contribution is 2.12. The zero-order chi connectivity index (χ0) is 15.1. The molecule has 2 aromatic rings. The Labute approximate surface area is 121 Å². The Morgan fingerprint density at radius 3 is 2.48 bits per heavy atom. The number of aliphatic hydroxyl groups is 1. The number of anilines is 2. The standard InChI is InChI=1S/C16H13FN2O2/c17-13-4-1-5-15(11-13)19-16(21)18-14-8-6-12(7-9-14)3-2-10-20/h1,4-9,11,20H,10H2,(H2,18,19,21). The lowest BCUT2D eigenvalue weighted by Crippen LogP contribution is -2.19. The van der Waals surface area contributed by atoms with Crippen LogP contribution in [0.4, 0.5) is 20.6 Å². The monoisotopic (exact) mass is 284 g/mol. The van der Waals surface area contributed by atoms with Crippen molar-refractivity contribution in [1.82, 2.24) is 0 Å². The zero-order valence-corrected chi connectivity index (χ0v) is 11.1. The molecule has 0 bridgehead atoms. The molecule has 2 aromatic carbocycles. The maximum atomic E-state index is 13.0. The first kappa shape index (κ1) is 14.6. The van der Waals surface area contributed by atoms with Gasteiger partial charge in [0.05, 0.1) is 0 Å². The maximum absolute atomic E-state index is 13.0. The Kier molecular flexibility index (Phi) is 4.91. The molecular weight excluding hydrogens is 271 g/mol. The third-order valence-electron chi connectivity index (χ3n) is 2.54. The number of amides is 2. The summed E-state index contributed by atoms with van der Waals surface area (Å²) in [7, 11) is 0. The van der Waals surface area contributed by atoms with E-state index >= 15 is 0 Å². The summed E-state index contributed by atoms with van der Waals surface area (Å²) in [6, 6.07) is 12.0. The quantitative estimate of drug-likeness (QED) is 0.743. The summed E-state index contributed by atoms with van der Waals surface area (Å²) in [6.45, 7) is -0.198. The van der Waals surface area contributed by atoms with Crippen LogP contribution in [0.25, 0.3) is 0 Å². The summed E-state index contributed by atoms with van der Waals surface area (Å²) >= 11 is 0. The average molecular weight is 284 g/mol. The number of carbonyl (C=O) groups is 1. The SMILES string of the molecule is O=C(Nc1ccc(C#CCO)cc1)Nc1cccc(F)c1. The Bertz CT molecular complexity index is 687. The van der Waals surface area contributed by atoms with E-state index in [2.05, 4.69) is 22.5 Å². The molecule has 0 saturated carbocycles. The van der Waals surface area contributed by atoms with Gasteiger partial charge in [0.2, 0.25) is 0 Å². The molecule has 0 unspecified atom stereocenters. The smallest absolute Gasteiger partial charge is 0.323 e. The molecule has 2 amide bonds. The van der Waals surface area contributed by atoms with Crippen LogP contribution in [-0.4, -0.2) is 17.7 Å². The Balaban J connectivity index is 1.96. The summed E-state index contributed by atoms with van der Waals surface area (Å²) < 4.78 is 13.0. The molecule has 0 spiro atoms. The van der Waals surface area contributed by atoms with Gasteiger partial charge in [-0.05, 0) is 42.5 Å². The molecule has 5 heteroatoms. The van der Waals surface area contributed by atoms with E-state index in [1.807, 2.05) is 0 Å². The molecule has 0 aliphatic carbocycles. The predicted octanol–water partition coefficient (Wildman–Crippen LogP) is 2.81. The van der Waals surface area contributed by atoms with Gasteiger partial charge in [0.25, 0.3) is 0 Å². The van der Waals surface area contributed by atoms with E-state index in [4.69, 9.17) is 5.11 Å². The summed E-state index contributed by atoms with van der Waals surface area (Å²) in [5, 5.41) is 13.7. The van der Waals surface area contributed by atoms with E-state index in [1.165, 1.54) is 18.2 Å². The molecule has 106 valence electrons. The number of aliphatic hydroxyl groups excluding tert-OH is 1. The van der Waals surface area contributed by atoms with Gasteiger partial charge in [-0.1, -0.05) is 17.9 Å². The van der Waals surface area contributed by atoms with E-state index in [0.717, 1.165) is 5.56 Å². The van der Waals surface area contributed by atoms with Gasteiger partial charge < -0.3 is 15.7 Å². The zero-order valence-electron chi connectivity index (χ0n) is 11.1. The lowest BCUT2D eigenvalue weighted by molar-refractivity contribution is 0.262. The van der Waals surface area contributed by atoms with Crippen molar-refractivity contribution < 1.29 is 14.3 Å². The fourth-order valence-electron chi connectivity index (χ4n) is 1.64. The highest BCUT2D eigenvalue weighted by molar-refractivity contribution is 5.99. The normalized spacial score (nSPS) is 9.43. The second kappa shape index (κ2) is 7.08.